The van der Waals surface area contributed by atoms with Crippen LogP contribution in [0.1, 0.15) is 37.4 Å². The van der Waals surface area contributed by atoms with Crippen molar-refractivity contribution in [2.45, 2.75) is 19.8 Å². The average Bonchev–Trinajstić information content (AvgIpc) is 3.18. The maximum atomic E-state index is 12.7. The lowest BCUT2D eigenvalue weighted by atomic mass is 9.80. The van der Waals surface area contributed by atoms with Gasteiger partial charge in [-0.3, -0.25) is 14.9 Å². The SMILES string of the molecule is Cc1ccc2c(c1)CCc1c3c(c4c([nH]c5ccccc54)c1-2)C(=O)NC3=O. The minimum atomic E-state index is -0.290. The lowest BCUT2D eigenvalue weighted by Crippen LogP contribution is -2.20. The topological polar surface area (TPSA) is 62.0 Å². The standard InChI is InChI=1S/C23H16N2O2/c1-11-6-8-13-12(10-11)7-9-15-17(13)21-18(14-4-2-3-5-16(14)24-21)20-19(15)22(26)25-23(20)27/h2-6,8,10,24H,7,9H2,1H3,(H,25,26,27). The van der Waals surface area contributed by atoms with Crippen molar-refractivity contribution < 1.29 is 9.59 Å². The molecule has 4 heteroatoms. The van der Waals surface area contributed by atoms with Gasteiger partial charge in [0.1, 0.15) is 0 Å². The molecule has 1 aromatic heterocycles. The van der Waals surface area contributed by atoms with E-state index in [-0.39, 0.29) is 11.8 Å². The van der Waals surface area contributed by atoms with Gasteiger partial charge in [0, 0.05) is 21.9 Å². The zero-order valence-corrected chi connectivity index (χ0v) is 14.8. The van der Waals surface area contributed by atoms with Crippen LogP contribution in [0.3, 0.4) is 0 Å². The molecule has 2 heterocycles. The number of nitrogens with one attached hydrogen (secondary N) is 2. The second kappa shape index (κ2) is 4.86. The Morgan fingerprint density at radius 1 is 0.889 bits per heavy atom. The number of carbonyl (C=O) groups is 2. The number of aryl methyl sites for hydroxylation is 2. The van der Waals surface area contributed by atoms with Crippen LogP contribution in [0.5, 0.6) is 0 Å². The number of carbonyl (C=O) groups excluding carboxylic acids is 2. The second-order valence-corrected chi connectivity index (χ2v) is 7.47. The first kappa shape index (κ1) is 14.7. The normalized spacial score (nSPS) is 15.0. The molecule has 0 saturated carbocycles. The highest BCUT2D eigenvalue weighted by atomic mass is 16.2. The number of benzene rings is 3. The highest BCUT2D eigenvalue weighted by molar-refractivity contribution is 6.32. The van der Waals surface area contributed by atoms with Crippen molar-refractivity contribution in [3.05, 3.63) is 70.3 Å². The molecule has 6 rings (SSSR count). The van der Waals surface area contributed by atoms with E-state index < -0.39 is 0 Å². The maximum absolute atomic E-state index is 12.7. The quantitative estimate of drug-likeness (QED) is 0.464. The summed E-state index contributed by atoms with van der Waals surface area (Å²) >= 11 is 0. The van der Waals surface area contributed by atoms with Crippen LogP contribution in [0, 0.1) is 6.92 Å². The molecule has 2 aliphatic rings. The minimum Gasteiger partial charge on any atom is -0.354 e. The van der Waals surface area contributed by atoms with E-state index in [9.17, 15) is 9.59 Å². The summed E-state index contributed by atoms with van der Waals surface area (Å²) in [6.45, 7) is 2.10. The number of aromatic amines is 1. The van der Waals surface area contributed by atoms with Gasteiger partial charge in [0.05, 0.1) is 16.6 Å². The van der Waals surface area contributed by atoms with Gasteiger partial charge in [-0.15, -0.1) is 0 Å². The molecule has 1 aliphatic heterocycles. The number of imide groups is 1. The van der Waals surface area contributed by atoms with Crippen LogP contribution in [-0.4, -0.2) is 16.8 Å². The molecule has 4 aromatic rings. The third kappa shape index (κ3) is 1.77. The van der Waals surface area contributed by atoms with Crippen molar-refractivity contribution in [1.82, 2.24) is 10.3 Å². The Morgan fingerprint density at radius 2 is 1.70 bits per heavy atom. The lowest BCUT2D eigenvalue weighted by Gasteiger charge is -2.23. The Kier molecular flexibility index (Phi) is 2.65. The Morgan fingerprint density at radius 3 is 2.59 bits per heavy atom. The molecule has 2 N–H and O–H groups in total. The van der Waals surface area contributed by atoms with E-state index in [4.69, 9.17) is 0 Å². The van der Waals surface area contributed by atoms with Gasteiger partial charge in [-0.2, -0.15) is 0 Å². The molecule has 0 atom stereocenters. The van der Waals surface area contributed by atoms with E-state index in [1.807, 2.05) is 24.3 Å². The minimum absolute atomic E-state index is 0.269. The van der Waals surface area contributed by atoms with Gasteiger partial charge in [0.25, 0.3) is 11.8 Å². The number of aromatic nitrogens is 1. The van der Waals surface area contributed by atoms with Gasteiger partial charge < -0.3 is 4.98 Å². The number of hydrogen-bond acceptors (Lipinski definition) is 2. The summed E-state index contributed by atoms with van der Waals surface area (Å²) in [7, 11) is 0. The first-order chi connectivity index (χ1) is 13.1. The molecule has 0 unspecified atom stereocenters. The summed E-state index contributed by atoms with van der Waals surface area (Å²) in [5, 5.41) is 4.36. The number of para-hydroxylation sites is 1. The number of hydrogen-bond donors (Lipinski definition) is 2. The molecular weight excluding hydrogens is 336 g/mol. The third-order valence-corrected chi connectivity index (χ3v) is 5.92. The molecule has 27 heavy (non-hydrogen) atoms. The van der Waals surface area contributed by atoms with E-state index in [0.717, 1.165) is 51.3 Å². The number of rotatable bonds is 0. The van der Waals surface area contributed by atoms with Gasteiger partial charge >= 0.3 is 0 Å². The molecule has 130 valence electrons. The first-order valence-corrected chi connectivity index (χ1v) is 9.18. The molecule has 4 nitrogen and oxygen atoms in total. The highest BCUT2D eigenvalue weighted by Crippen LogP contribution is 2.45. The van der Waals surface area contributed by atoms with Crippen LogP contribution < -0.4 is 5.32 Å². The van der Waals surface area contributed by atoms with Crippen LogP contribution in [0.4, 0.5) is 0 Å². The van der Waals surface area contributed by atoms with Gasteiger partial charge in [-0.05, 0) is 42.5 Å². The average molecular weight is 352 g/mol. The molecular formula is C23H16N2O2. The van der Waals surface area contributed by atoms with Crippen molar-refractivity contribution in [1.29, 1.82) is 0 Å². The predicted octanol–water partition coefficient (Wildman–Crippen LogP) is 4.28. The molecule has 0 radical (unpaired) electrons. The van der Waals surface area contributed by atoms with Crippen molar-refractivity contribution in [2.75, 3.05) is 0 Å². The van der Waals surface area contributed by atoms with Gasteiger partial charge in [-0.1, -0.05) is 42.0 Å². The summed E-state index contributed by atoms with van der Waals surface area (Å²) in [5.74, 6) is -0.559. The second-order valence-electron chi connectivity index (χ2n) is 7.47. The Labute approximate surface area is 155 Å². The van der Waals surface area contributed by atoms with E-state index in [1.54, 1.807) is 0 Å². The van der Waals surface area contributed by atoms with Crippen molar-refractivity contribution in [2.24, 2.45) is 0 Å². The van der Waals surface area contributed by atoms with Crippen molar-refractivity contribution >= 4 is 33.6 Å². The smallest absolute Gasteiger partial charge is 0.259 e. The lowest BCUT2D eigenvalue weighted by molar-refractivity contribution is 0.0880. The third-order valence-electron chi connectivity index (χ3n) is 5.92. The maximum Gasteiger partial charge on any atom is 0.259 e. The van der Waals surface area contributed by atoms with Crippen LogP contribution in [0.25, 0.3) is 32.9 Å². The van der Waals surface area contributed by atoms with E-state index in [0.29, 0.717) is 11.1 Å². The van der Waals surface area contributed by atoms with E-state index in [2.05, 4.69) is 35.4 Å². The molecule has 0 bridgehead atoms. The van der Waals surface area contributed by atoms with E-state index >= 15 is 0 Å². The molecule has 2 amide bonds. The summed E-state index contributed by atoms with van der Waals surface area (Å²) in [4.78, 5) is 28.9. The van der Waals surface area contributed by atoms with Gasteiger partial charge in [0.2, 0.25) is 0 Å². The summed E-state index contributed by atoms with van der Waals surface area (Å²) in [6, 6.07) is 14.5. The van der Waals surface area contributed by atoms with Crippen LogP contribution >= 0.6 is 0 Å². The van der Waals surface area contributed by atoms with Gasteiger partial charge in [0.15, 0.2) is 0 Å². The number of amides is 2. The fraction of sp³-hybridized carbons (Fsp3) is 0.130. The zero-order chi connectivity index (χ0) is 18.3. The predicted molar refractivity (Wildman–Crippen MR) is 105 cm³/mol. The largest absolute Gasteiger partial charge is 0.354 e. The van der Waals surface area contributed by atoms with Crippen LogP contribution in [0.15, 0.2) is 42.5 Å². The number of fused-ring (bicyclic) bond motifs is 10. The fourth-order valence-electron chi connectivity index (χ4n) is 4.83. The molecule has 0 saturated heterocycles. The monoisotopic (exact) mass is 352 g/mol. The molecule has 1 aliphatic carbocycles. The Bertz CT molecular complexity index is 1340. The zero-order valence-electron chi connectivity index (χ0n) is 14.8. The van der Waals surface area contributed by atoms with Crippen LogP contribution in [0.2, 0.25) is 0 Å². The summed E-state index contributed by atoms with van der Waals surface area (Å²) in [5.41, 5.74) is 8.80. The summed E-state index contributed by atoms with van der Waals surface area (Å²) < 4.78 is 0. The summed E-state index contributed by atoms with van der Waals surface area (Å²) in [6.07, 6.45) is 1.64. The number of H-pyrrole nitrogens is 1. The van der Waals surface area contributed by atoms with Crippen molar-refractivity contribution in [3.8, 4) is 11.1 Å². The first-order valence-electron chi connectivity index (χ1n) is 9.18. The molecule has 0 spiro atoms. The van der Waals surface area contributed by atoms with Crippen LogP contribution in [-0.2, 0) is 12.8 Å². The fourth-order valence-corrected chi connectivity index (χ4v) is 4.83. The van der Waals surface area contributed by atoms with E-state index in [1.165, 1.54) is 11.1 Å². The Hall–Kier alpha value is -3.40. The highest BCUT2D eigenvalue weighted by Gasteiger charge is 2.37. The Balaban J connectivity index is 1.89. The van der Waals surface area contributed by atoms with Crippen molar-refractivity contribution in [3.63, 3.8) is 0 Å². The van der Waals surface area contributed by atoms with Gasteiger partial charge in [-0.25, -0.2) is 0 Å². The molecule has 3 aromatic carbocycles. The molecule has 0 fully saturated rings.